The van der Waals surface area contributed by atoms with E-state index in [1.165, 1.54) is 12.1 Å². The molecule has 1 amide bonds. The molecule has 0 aliphatic carbocycles. The van der Waals surface area contributed by atoms with E-state index in [2.05, 4.69) is 15.9 Å². The monoisotopic (exact) mass is 522 g/mol. The van der Waals surface area contributed by atoms with Gasteiger partial charge in [-0.05, 0) is 66.5 Å². The summed E-state index contributed by atoms with van der Waals surface area (Å²) in [5.41, 5.74) is 5.46. The van der Waals surface area contributed by atoms with E-state index in [-0.39, 0.29) is 10.8 Å². The minimum absolute atomic E-state index is 0.0605. The zero-order valence-corrected chi connectivity index (χ0v) is 20.4. The van der Waals surface area contributed by atoms with Crippen molar-refractivity contribution in [1.82, 2.24) is 4.90 Å². The lowest BCUT2D eigenvalue weighted by Crippen LogP contribution is -2.27. The van der Waals surface area contributed by atoms with Gasteiger partial charge in [-0.2, -0.15) is 0 Å². The number of carbonyl (C=O) groups excluding carboxylic acids is 1. The normalized spacial score (nSPS) is 15.2. The SMILES string of the molecule is Cc1ccc(C2=C/C(=C/c3ccc(Br)cc3)C(=O)N2CCc2ccc(S(N)(=O)=O)cc2)cc1. The molecule has 0 spiro atoms. The molecule has 0 unspecified atom stereocenters. The maximum atomic E-state index is 13.3. The number of halogens is 1. The van der Waals surface area contributed by atoms with Crippen LogP contribution < -0.4 is 5.14 Å². The molecule has 0 radical (unpaired) electrons. The number of hydrogen-bond donors (Lipinski definition) is 1. The molecule has 4 rings (SSSR count). The van der Waals surface area contributed by atoms with Gasteiger partial charge in [0.1, 0.15) is 0 Å². The molecule has 0 fully saturated rings. The number of nitrogens with two attached hydrogens (primary N) is 1. The molecule has 1 aliphatic heterocycles. The van der Waals surface area contributed by atoms with E-state index in [1.54, 1.807) is 17.0 Å². The number of primary sulfonamides is 1. The third-order valence-electron chi connectivity index (χ3n) is 5.49. The van der Waals surface area contributed by atoms with Gasteiger partial charge in [0, 0.05) is 16.6 Å². The number of aryl methyl sites for hydroxylation is 1. The first kappa shape index (κ1) is 23.2. The second kappa shape index (κ2) is 9.47. The van der Waals surface area contributed by atoms with Gasteiger partial charge in [0.2, 0.25) is 10.0 Å². The summed E-state index contributed by atoms with van der Waals surface area (Å²) in [6.45, 7) is 2.49. The van der Waals surface area contributed by atoms with Gasteiger partial charge < -0.3 is 4.90 Å². The molecule has 33 heavy (non-hydrogen) atoms. The van der Waals surface area contributed by atoms with Crippen molar-refractivity contribution in [1.29, 1.82) is 0 Å². The molecule has 0 bridgehead atoms. The van der Waals surface area contributed by atoms with Crippen LogP contribution in [0.5, 0.6) is 0 Å². The summed E-state index contributed by atoms with van der Waals surface area (Å²) in [5, 5.41) is 5.18. The third-order valence-corrected chi connectivity index (χ3v) is 6.95. The number of sulfonamides is 1. The van der Waals surface area contributed by atoms with Gasteiger partial charge in [0.05, 0.1) is 10.6 Å². The molecule has 0 atom stereocenters. The van der Waals surface area contributed by atoms with Crippen LogP contribution in [0.3, 0.4) is 0 Å². The van der Waals surface area contributed by atoms with Crippen LogP contribution in [0, 0.1) is 6.92 Å². The van der Waals surface area contributed by atoms with Crippen molar-refractivity contribution >= 4 is 43.6 Å². The first-order valence-electron chi connectivity index (χ1n) is 10.4. The highest BCUT2D eigenvalue weighted by molar-refractivity contribution is 9.10. The molecule has 7 heteroatoms. The number of amides is 1. The average Bonchev–Trinajstić information content (AvgIpc) is 3.09. The summed E-state index contributed by atoms with van der Waals surface area (Å²) in [4.78, 5) is 15.2. The highest BCUT2D eigenvalue weighted by atomic mass is 79.9. The lowest BCUT2D eigenvalue weighted by atomic mass is 10.1. The minimum atomic E-state index is -3.73. The van der Waals surface area contributed by atoms with Crippen LogP contribution in [0.4, 0.5) is 0 Å². The van der Waals surface area contributed by atoms with Crippen LogP contribution in [-0.4, -0.2) is 25.8 Å². The Morgan fingerprint density at radius 3 is 2.18 bits per heavy atom. The lowest BCUT2D eigenvalue weighted by molar-refractivity contribution is -0.122. The van der Waals surface area contributed by atoms with Crippen molar-refractivity contribution < 1.29 is 13.2 Å². The van der Waals surface area contributed by atoms with Crippen LogP contribution in [0.2, 0.25) is 0 Å². The lowest BCUT2D eigenvalue weighted by Gasteiger charge is -2.21. The fourth-order valence-electron chi connectivity index (χ4n) is 3.67. The Morgan fingerprint density at radius 2 is 1.58 bits per heavy atom. The first-order valence-corrected chi connectivity index (χ1v) is 12.7. The number of rotatable bonds is 6. The van der Waals surface area contributed by atoms with Gasteiger partial charge in [-0.3, -0.25) is 4.79 Å². The summed E-state index contributed by atoms with van der Waals surface area (Å²) in [6, 6.07) is 22.3. The Morgan fingerprint density at radius 1 is 0.939 bits per heavy atom. The maximum Gasteiger partial charge on any atom is 0.258 e. The largest absolute Gasteiger partial charge is 0.307 e. The predicted molar refractivity (Wildman–Crippen MR) is 135 cm³/mol. The van der Waals surface area contributed by atoms with Crippen molar-refractivity contribution in [3.05, 3.63) is 111 Å². The standard InChI is InChI=1S/C26H23BrN2O3S/c1-18-2-8-21(9-3-18)25-17-22(16-20-4-10-23(27)11-5-20)26(30)29(25)15-14-19-6-12-24(13-7-19)33(28,31)32/h2-13,16-17H,14-15H2,1H3,(H2,28,31,32)/b22-16-. The van der Waals surface area contributed by atoms with E-state index in [1.807, 2.05) is 67.6 Å². The summed E-state index contributed by atoms with van der Waals surface area (Å²) < 4.78 is 24.0. The molecule has 0 saturated carbocycles. The Hall–Kier alpha value is -3.00. The summed E-state index contributed by atoms with van der Waals surface area (Å²) in [5.74, 6) is -0.0605. The molecule has 3 aromatic rings. The fourth-order valence-corrected chi connectivity index (χ4v) is 4.45. The summed E-state index contributed by atoms with van der Waals surface area (Å²) >= 11 is 3.44. The van der Waals surface area contributed by atoms with Gasteiger partial charge >= 0.3 is 0 Å². The quantitative estimate of drug-likeness (QED) is 0.466. The number of hydrogen-bond acceptors (Lipinski definition) is 3. The molecule has 0 saturated heterocycles. The Bertz CT molecular complexity index is 1340. The maximum absolute atomic E-state index is 13.3. The van der Waals surface area contributed by atoms with Gasteiger partial charge in [-0.15, -0.1) is 0 Å². The van der Waals surface area contributed by atoms with Crippen molar-refractivity contribution in [2.24, 2.45) is 5.14 Å². The molecular weight excluding hydrogens is 500 g/mol. The average molecular weight is 523 g/mol. The predicted octanol–water partition coefficient (Wildman–Crippen LogP) is 4.91. The molecule has 0 aromatic heterocycles. The van der Waals surface area contributed by atoms with Crippen LogP contribution in [0.25, 0.3) is 11.8 Å². The van der Waals surface area contributed by atoms with E-state index in [0.717, 1.165) is 32.4 Å². The fraction of sp³-hybridized carbons (Fsp3) is 0.115. The van der Waals surface area contributed by atoms with Crippen LogP contribution in [0.1, 0.15) is 22.3 Å². The van der Waals surface area contributed by atoms with Crippen LogP contribution in [-0.2, 0) is 21.2 Å². The van der Waals surface area contributed by atoms with Crippen molar-refractivity contribution in [2.45, 2.75) is 18.2 Å². The molecule has 168 valence electrons. The zero-order chi connectivity index (χ0) is 23.6. The van der Waals surface area contributed by atoms with E-state index >= 15 is 0 Å². The van der Waals surface area contributed by atoms with Crippen LogP contribution >= 0.6 is 15.9 Å². The first-order chi connectivity index (χ1) is 15.7. The van der Waals surface area contributed by atoms with E-state index in [4.69, 9.17) is 5.14 Å². The van der Waals surface area contributed by atoms with E-state index < -0.39 is 10.0 Å². The van der Waals surface area contributed by atoms with E-state index in [9.17, 15) is 13.2 Å². The van der Waals surface area contributed by atoms with Crippen molar-refractivity contribution in [2.75, 3.05) is 6.54 Å². The van der Waals surface area contributed by atoms with Crippen molar-refractivity contribution in [3.8, 4) is 0 Å². The van der Waals surface area contributed by atoms with E-state index in [0.29, 0.717) is 18.5 Å². The molecule has 3 aromatic carbocycles. The zero-order valence-electron chi connectivity index (χ0n) is 18.0. The highest BCUT2D eigenvalue weighted by Crippen LogP contribution is 2.31. The number of benzene rings is 3. The van der Waals surface area contributed by atoms with Crippen LogP contribution in [0.15, 0.2) is 93.8 Å². The van der Waals surface area contributed by atoms with Gasteiger partial charge in [-0.1, -0.05) is 70.0 Å². The minimum Gasteiger partial charge on any atom is -0.307 e. The third kappa shape index (κ3) is 5.50. The second-order valence-corrected chi connectivity index (χ2v) is 10.4. The second-order valence-electron chi connectivity index (χ2n) is 7.94. The Labute approximate surface area is 202 Å². The summed E-state index contributed by atoms with van der Waals surface area (Å²) in [7, 11) is -3.73. The highest BCUT2D eigenvalue weighted by Gasteiger charge is 2.28. The molecule has 1 heterocycles. The molecule has 2 N–H and O–H groups in total. The summed E-state index contributed by atoms with van der Waals surface area (Å²) in [6.07, 6.45) is 4.40. The topological polar surface area (TPSA) is 80.5 Å². The Kier molecular flexibility index (Phi) is 6.65. The van der Waals surface area contributed by atoms with Gasteiger partial charge in [0.25, 0.3) is 5.91 Å². The number of carbonyl (C=O) groups is 1. The van der Waals surface area contributed by atoms with Gasteiger partial charge in [-0.25, -0.2) is 13.6 Å². The number of nitrogens with zero attached hydrogens (tertiary/aromatic N) is 1. The molecule has 5 nitrogen and oxygen atoms in total. The molecule has 1 aliphatic rings. The Balaban J connectivity index is 1.62. The smallest absolute Gasteiger partial charge is 0.258 e. The van der Waals surface area contributed by atoms with Crippen molar-refractivity contribution in [3.63, 3.8) is 0 Å². The van der Waals surface area contributed by atoms with Gasteiger partial charge in [0.15, 0.2) is 0 Å². The molecular formula is C26H23BrN2O3S.